The first-order valence-corrected chi connectivity index (χ1v) is 12.7. The standard InChI is InChI=1S/C27H31F2N3O5/c28-20-7-5-16(11-21(20)29)14-32-15-17-12-22(32)27(35)30-13-25-23(33)8-6-18(37-25)9-10-36-24-4-2-1-3-19(24)26(34)31-17/h1-5,7,11,17-18,22-23,25,33H,6,8-10,12-15H2,(H,30,35)(H,31,34)/t17-,18-,22-,23-,25+/m0/s1. The maximum absolute atomic E-state index is 13.8. The Bertz CT molecular complexity index is 1150. The molecule has 3 heterocycles. The second-order valence-electron chi connectivity index (χ2n) is 9.92. The summed E-state index contributed by atoms with van der Waals surface area (Å²) in [5.74, 6) is -2.01. The number of likely N-dealkylation sites (tertiary alicyclic amines) is 1. The van der Waals surface area contributed by atoms with Crippen LogP contribution in [-0.4, -0.2) is 71.9 Å². The summed E-state index contributed by atoms with van der Waals surface area (Å²) in [6.07, 6.45) is 0.772. The van der Waals surface area contributed by atoms with Crippen LogP contribution in [0.1, 0.15) is 41.6 Å². The summed E-state index contributed by atoms with van der Waals surface area (Å²) >= 11 is 0. The molecule has 10 heteroatoms. The lowest BCUT2D eigenvalue weighted by Crippen LogP contribution is -2.50. The third-order valence-corrected chi connectivity index (χ3v) is 7.30. The number of nitrogens with zero attached hydrogens (tertiary/aromatic N) is 1. The molecule has 4 bridgehead atoms. The number of ether oxygens (including phenoxy) is 2. The number of carbonyl (C=O) groups excluding carboxylic acids is 2. The highest BCUT2D eigenvalue weighted by molar-refractivity contribution is 5.97. The Balaban J connectivity index is 1.40. The van der Waals surface area contributed by atoms with Gasteiger partial charge in [-0.1, -0.05) is 18.2 Å². The van der Waals surface area contributed by atoms with Gasteiger partial charge in [0, 0.05) is 32.1 Å². The molecule has 8 nitrogen and oxygen atoms in total. The Morgan fingerprint density at radius 1 is 1.05 bits per heavy atom. The molecular formula is C27H31F2N3O5. The summed E-state index contributed by atoms with van der Waals surface area (Å²) in [6.45, 7) is 1.03. The number of hydrogen-bond donors (Lipinski definition) is 3. The van der Waals surface area contributed by atoms with Crippen LogP contribution in [0.25, 0.3) is 0 Å². The summed E-state index contributed by atoms with van der Waals surface area (Å²) in [6, 6.07) is 9.68. The molecule has 3 N–H and O–H groups in total. The van der Waals surface area contributed by atoms with Gasteiger partial charge < -0.3 is 25.2 Å². The van der Waals surface area contributed by atoms with Gasteiger partial charge >= 0.3 is 0 Å². The van der Waals surface area contributed by atoms with Crippen LogP contribution in [0.5, 0.6) is 5.75 Å². The molecule has 37 heavy (non-hydrogen) atoms. The topological polar surface area (TPSA) is 100 Å². The van der Waals surface area contributed by atoms with Crippen LogP contribution < -0.4 is 15.4 Å². The second-order valence-corrected chi connectivity index (χ2v) is 9.92. The van der Waals surface area contributed by atoms with E-state index >= 15 is 0 Å². The van der Waals surface area contributed by atoms with Crippen molar-refractivity contribution in [3.05, 3.63) is 65.2 Å². The average molecular weight is 516 g/mol. The predicted octanol–water partition coefficient (Wildman–Crippen LogP) is 2.14. The van der Waals surface area contributed by atoms with Crippen molar-refractivity contribution >= 4 is 11.8 Å². The number of aliphatic hydroxyl groups excluding tert-OH is 1. The Morgan fingerprint density at radius 2 is 1.89 bits per heavy atom. The van der Waals surface area contributed by atoms with Gasteiger partial charge in [-0.15, -0.1) is 0 Å². The van der Waals surface area contributed by atoms with E-state index in [0.29, 0.717) is 55.7 Å². The van der Waals surface area contributed by atoms with E-state index in [9.17, 15) is 23.5 Å². The third kappa shape index (κ3) is 5.92. The molecule has 0 aliphatic carbocycles. The highest BCUT2D eigenvalue weighted by Crippen LogP contribution is 2.26. The summed E-state index contributed by atoms with van der Waals surface area (Å²) in [4.78, 5) is 28.3. The van der Waals surface area contributed by atoms with Gasteiger partial charge in [-0.2, -0.15) is 0 Å². The number of para-hydroxylation sites is 1. The van der Waals surface area contributed by atoms with Crippen molar-refractivity contribution < 1.29 is 33.0 Å². The summed E-state index contributed by atoms with van der Waals surface area (Å²) in [5.41, 5.74) is 0.912. The second kappa shape index (κ2) is 11.1. The van der Waals surface area contributed by atoms with Crippen molar-refractivity contribution in [1.82, 2.24) is 15.5 Å². The Labute approximate surface area is 213 Å². The van der Waals surface area contributed by atoms with Crippen LogP contribution in [0.4, 0.5) is 8.78 Å². The van der Waals surface area contributed by atoms with Crippen molar-refractivity contribution in [3.63, 3.8) is 0 Å². The quantitative estimate of drug-likeness (QED) is 0.567. The minimum absolute atomic E-state index is 0.139. The SMILES string of the molecule is O=C1N[C@H]2C[C@@H](C(=O)NC[C@H]3O[C@H](CCOc4ccccc41)CC[C@@H]3O)N(Cc1ccc(F)c(F)c1)C2. The van der Waals surface area contributed by atoms with Crippen LogP contribution in [0.2, 0.25) is 0 Å². The van der Waals surface area contributed by atoms with Crippen molar-refractivity contribution in [1.29, 1.82) is 0 Å². The molecule has 2 aromatic carbocycles. The Morgan fingerprint density at radius 3 is 2.73 bits per heavy atom. The minimum Gasteiger partial charge on any atom is -0.493 e. The molecule has 2 saturated heterocycles. The number of fused-ring (bicyclic) bond motifs is 5. The number of benzene rings is 2. The molecule has 0 aromatic heterocycles. The number of carbonyl (C=O) groups is 2. The number of nitrogens with one attached hydrogen (secondary N) is 2. The van der Waals surface area contributed by atoms with E-state index in [4.69, 9.17) is 9.47 Å². The average Bonchev–Trinajstić information content (AvgIpc) is 3.28. The van der Waals surface area contributed by atoms with Gasteiger partial charge in [-0.25, -0.2) is 8.78 Å². The summed E-state index contributed by atoms with van der Waals surface area (Å²) in [7, 11) is 0. The van der Waals surface area contributed by atoms with Gasteiger partial charge in [-0.3, -0.25) is 14.5 Å². The predicted molar refractivity (Wildman–Crippen MR) is 130 cm³/mol. The highest BCUT2D eigenvalue weighted by atomic mass is 19.2. The monoisotopic (exact) mass is 515 g/mol. The minimum atomic E-state index is -0.956. The van der Waals surface area contributed by atoms with Crippen LogP contribution in [0.3, 0.4) is 0 Å². The molecule has 5 rings (SSSR count). The zero-order valence-corrected chi connectivity index (χ0v) is 20.4. The molecular weight excluding hydrogens is 484 g/mol. The van der Waals surface area contributed by atoms with E-state index in [2.05, 4.69) is 10.6 Å². The van der Waals surface area contributed by atoms with Crippen molar-refractivity contribution in [3.8, 4) is 5.75 Å². The van der Waals surface area contributed by atoms with E-state index in [1.165, 1.54) is 6.07 Å². The molecule has 2 aromatic rings. The first-order valence-electron chi connectivity index (χ1n) is 12.7. The molecule has 3 aliphatic rings. The fourth-order valence-corrected chi connectivity index (χ4v) is 5.34. The Kier molecular flexibility index (Phi) is 7.68. The van der Waals surface area contributed by atoms with E-state index in [0.717, 1.165) is 12.1 Å². The molecule has 198 valence electrons. The zero-order valence-electron chi connectivity index (χ0n) is 20.4. The van der Waals surface area contributed by atoms with Crippen LogP contribution in [0.15, 0.2) is 42.5 Å². The normalized spacial score (nSPS) is 29.1. The summed E-state index contributed by atoms with van der Waals surface area (Å²) in [5, 5.41) is 16.4. The first kappa shape index (κ1) is 25.6. The van der Waals surface area contributed by atoms with Gasteiger partial charge in [0.15, 0.2) is 11.6 Å². The fraction of sp³-hybridized carbons (Fsp3) is 0.481. The van der Waals surface area contributed by atoms with E-state index < -0.39 is 29.9 Å². The smallest absolute Gasteiger partial charge is 0.255 e. The Hall–Kier alpha value is -3.08. The fourth-order valence-electron chi connectivity index (χ4n) is 5.34. The van der Waals surface area contributed by atoms with E-state index in [1.807, 2.05) is 4.90 Å². The maximum Gasteiger partial charge on any atom is 0.255 e. The largest absolute Gasteiger partial charge is 0.493 e. The van der Waals surface area contributed by atoms with Crippen LogP contribution in [-0.2, 0) is 16.1 Å². The number of aliphatic hydroxyl groups is 1. The number of amides is 2. The molecule has 0 unspecified atom stereocenters. The van der Waals surface area contributed by atoms with Gasteiger partial charge in [0.1, 0.15) is 11.9 Å². The van der Waals surface area contributed by atoms with E-state index in [-0.39, 0.29) is 37.0 Å². The van der Waals surface area contributed by atoms with Crippen molar-refractivity contribution in [2.75, 3.05) is 19.7 Å². The third-order valence-electron chi connectivity index (χ3n) is 7.30. The maximum atomic E-state index is 13.8. The lowest BCUT2D eigenvalue weighted by molar-refractivity contribution is -0.133. The number of halogens is 2. The zero-order chi connectivity index (χ0) is 25.9. The van der Waals surface area contributed by atoms with E-state index in [1.54, 1.807) is 24.3 Å². The highest BCUT2D eigenvalue weighted by Gasteiger charge is 2.39. The lowest BCUT2D eigenvalue weighted by Gasteiger charge is -2.34. The number of rotatable bonds is 2. The van der Waals surface area contributed by atoms with Gasteiger partial charge in [0.2, 0.25) is 5.91 Å². The lowest BCUT2D eigenvalue weighted by atomic mass is 9.99. The number of hydrogen-bond acceptors (Lipinski definition) is 6. The van der Waals surface area contributed by atoms with Crippen LogP contribution in [0, 0.1) is 11.6 Å². The molecule has 3 aliphatic heterocycles. The molecule has 2 amide bonds. The van der Waals surface area contributed by atoms with Crippen LogP contribution >= 0.6 is 0 Å². The van der Waals surface area contributed by atoms with Crippen molar-refractivity contribution in [2.45, 2.75) is 62.6 Å². The molecule has 5 atom stereocenters. The van der Waals surface area contributed by atoms with Gasteiger partial charge in [0.25, 0.3) is 5.91 Å². The molecule has 0 saturated carbocycles. The van der Waals surface area contributed by atoms with Crippen molar-refractivity contribution in [2.24, 2.45) is 0 Å². The van der Waals surface area contributed by atoms with Gasteiger partial charge in [-0.05, 0) is 49.1 Å². The molecule has 0 radical (unpaired) electrons. The molecule has 0 spiro atoms. The molecule has 2 fully saturated rings. The first-order chi connectivity index (χ1) is 17.9. The summed E-state index contributed by atoms with van der Waals surface area (Å²) < 4.78 is 39.3. The van der Waals surface area contributed by atoms with Gasteiger partial charge in [0.05, 0.1) is 30.4 Å².